The lowest BCUT2D eigenvalue weighted by Crippen LogP contribution is -2.28. The number of carbonyl (C=O) groups is 2. The van der Waals surface area contributed by atoms with Gasteiger partial charge in [-0.15, -0.1) is 0 Å². The van der Waals surface area contributed by atoms with Crippen LogP contribution in [-0.4, -0.2) is 27.5 Å². The minimum atomic E-state index is -0.478. The second-order valence-electron chi connectivity index (χ2n) is 5.46. The normalized spacial score (nSPS) is 15.9. The van der Waals surface area contributed by atoms with Crippen LogP contribution >= 0.6 is 27.7 Å². The second kappa shape index (κ2) is 7.46. The maximum absolute atomic E-state index is 12.2. The van der Waals surface area contributed by atoms with Gasteiger partial charge in [0.05, 0.1) is 9.83 Å². The van der Waals surface area contributed by atoms with E-state index in [1.54, 1.807) is 18.2 Å². The van der Waals surface area contributed by atoms with Gasteiger partial charge in [-0.05, 0) is 52.3 Å². The van der Waals surface area contributed by atoms with Crippen molar-refractivity contribution in [3.63, 3.8) is 0 Å². The lowest BCUT2D eigenvalue weighted by molar-refractivity contribution is -0.384. The average Bonchev–Trinajstić information content (AvgIpc) is 3.15. The molecule has 0 radical (unpaired) electrons. The maximum atomic E-state index is 12.2. The summed E-state index contributed by atoms with van der Waals surface area (Å²) in [5.74, 6) is 0.592. The molecule has 7 nitrogen and oxygen atoms in total. The Kier molecular flexibility index (Phi) is 5.28. The molecule has 0 atom stereocenters. The summed E-state index contributed by atoms with van der Waals surface area (Å²) < 4.78 is 6.24. The Hall–Kier alpha value is -2.39. The Bertz CT molecular complexity index is 937. The van der Waals surface area contributed by atoms with E-state index in [9.17, 15) is 19.7 Å². The molecule has 0 N–H and O–H groups in total. The number of halogens is 1. The highest BCUT2D eigenvalue weighted by Crippen LogP contribution is 2.35. The predicted octanol–water partition coefficient (Wildman–Crippen LogP) is 5.06. The fourth-order valence-corrected chi connectivity index (χ4v) is 3.85. The number of nitro groups is 1. The highest BCUT2D eigenvalue weighted by molar-refractivity contribution is 9.10. The molecule has 2 heterocycles. The molecule has 1 saturated heterocycles. The van der Waals surface area contributed by atoms with Gasteiger partial charge in [0.15, 0.2) is 0 Å². The Labute approximate surface area is 161 Å². The van der Waals surface area contributed by atoms with Crippen molar-refractivity contribution in [1.82, 2.24) is 4.90 Å². The van der Waals surface area contributed by atoms with Crippen LogP contribution in [0.4, 0.5) is 10.5 Å². The molecule has 134 valence electrons. The van der Waals surface area contributed by atoms with Crippen LogP contribution in [-0.2, 0) is 4.79 Å². The van der Waals surface area contributed by atoms with Crippen LogP contribution < -0.4 is 0 Å². The molecule has 0 bridgehead atoms. The van der Waals surface area contributed by atoms with Crippen molar-refractivity contribution in [2.45, 2.75) is 13.3 Å². The lowest BCUT2D eigenvalue weighted by atomic mass is 10.1. The number of furan rings is 1. The van der Waals surface area contributed by atoms with Crippen molar-refractivity contribution in [2.75, 3.05) is 6.54 Å². The molecule has 3 rings (SSSR count). The number of rotatable bonds is 5. The number of thioether (sulfide) groups is 1. The number of nitro benzene ring substituents is 1. The van der Waals surface area contributed by atoms with E-state index in [2.05, 4.69) is 15.9 Å². The molecule has 1 aliphatic rings. The van der Waals surface area contributed by atoms with E-state index in [-0.39, 0.29) is 16.8 Å². The van der Waals surface area contributed by atoms with Gasteiger partial charge >= 0.3 is 0 Å². The van der Waals surface area contributed by atoms with E-state index >= 15 is 0 Å². The van der Waals surface area contributed by atoms with E-state index in [1.165, 1.54) is 23.1 Å². The zero-order valence-corrected chi connectivity index (χ0v) is 16.0. The van der Waals surface area contributed by atoms with Gasteiger partial charge < -0.3 is 4.42 Å². The first kappa shape index (κ1) is 18.4. The van der Waals surface area contributed by atoms with E-state index < -0.39 is 4.92 Å². The van der Waals surface area contributed by atoms with Crippen LogP contribution in [0.15, 0.2) is 44.1 Å². The fourth-order valence-electron chi connectivity index (χ4n) is 2.44. The molecular formula is C17H13BrN2O5S. The standard InChI is InChI=1S/C17H13BrN2O5S/c1-2-7-19-16(21)15(26-17(19)22)9-11-4-6-14(25-11)12-5-3-10(20(23)24)8-13(12)18/h3-6,8-9H,2,7H2,1H3/b15-9-. The van der Waals surface area contributed by atoms with Gasteiger partial charge in [0.25, 0.3) is 16.8 Å². The van der Waals surface area contributed by atoms with Crippen LogP contribution in [0, 0.1) is 10.1 Å². The quantitative estimate of drug-likeness (QED) is 0.369. The first-order chi connectivity index (χ1) is 12.4. The van der Waals surface area contributed by atoms with Gasteiger partial charge in [0.2, 0.25) is 0 Å². The number of amides is 2. The number of hydrogen-bond acceptors (Lipinski definition) is 6. The monoisotopic (exact) mass is 436 g/mol. The third-order valence-electron chi connectivity index (χ3n) is 3.65. The van der Waals surface area contributed by atoms with E-state index in [0.717, 1.165) is 11.8 Å². The lowest BCUT2D eigenvalue weighted by Gasteiger charge is -2.09. The van der Waals surface area contributed by atoms with E-state index in [0.29, 0.717) is 39.4 Å². The Morgan fingerprint density at radius 1 is 1.31 bits per heavy atom. The van der Waals surface area contributed by atoms with E-state index in [4.69, 9.17) is 4.42 Å². The highest BCUT2D eigenvalue weighted by atomic mass is 79.9. The Morgan fingerprint density at radius 3 is 2.73 bits per heavy atom. The number of hydrogen-bond donors (Lipinski definition) is 0. The number of nitrogens with zero attached hydrogens (tertiary/aromatic N) is 2. The number of benzene rings is 1. The SMILES string of the molecule is CCCN1C(=O)S/C(=C\c2ccc(-c3ccc([N+](=O)[O-])cc3Br)o2)C1=O. The first-order valence-electron chi connectivity index (χ1n) is 7.70. The zero-order valence-electron chi connectivity index (χ0n) is 13.6. The summed E-state index contributed by atoms with van der Waals surface area (Å²) in [6, 6.07) is 7.75. The third kappa shape index (κ3) is 3.58. The van der Waals surface area contributed by atoms with Crippen LogP contribution in [0.3, 0.4) is 0 Å². The zero-order chi connectivity index (χ0) is 18.8. The van der Waals surface area contributed by atoms with Crippen LogP contribution in [0.25, 0.3) is 17.4 Å². The molecule has 1 aromatic carbocycles. The minimum absolute atomic E-state index is 0.0306. The van der Waals surface area contributed by atoms with Gasteiger partial charge in [-0.25, -0.2) is 0 Å². The van der Waals surface area contributed by atoms with Gasteiger partial charge in [-0.2, -0.15) is 0 Å². The summed E-state index contributed by atoms with van der Waals surface area (Å²) in [6.07, 6.45) is 2.23. The predicted molar refractivity (Wildman–Crippen MR) is 101 cm³/mol. The molecule has 0 spiro atoms. The summed E-state index contributed by atoms with van der Waals surface area (Å²) in [4.78, 5) is 36.0. The molecule has 0 aliphatic carbocycles. The van der Waals surface area contributed by atoms with Crippen LogP contribution in [0.1, 0.15) is 19.1 Å². The van der Waals surface area contributed by atoms with Crippen molar-refractivity contribution >= 4 is 50.6 Å². The largest absolute Gasteiger partial charge is 0.457 e. The third-order valence-corrected chi connectivity index (χ3v) is 5.21. The molecule has 1 aliphatic heterocycles. The van der Waals surface area contributed by atoms with Crippen molar-refractivity contribution in [3.8, 4) is 11.3 Å². The maximum Gasteiger partial charge on any atom is 0.293 e. The van der Waals surface area contributed by atoms with Crippen LogP contribution in [0.5, 0.6) is 0 Å². The van der Waals surface area contributed by atoms with Gasteiger partial charge in [-0.3, -0.25) is 24.6 Å². The van der Waals surface area contributed by atoms with Crippen molar-refractivity contribution < 1.29 is 18.9 Å². The topological polar surface area (TPSA) is 93.7 Å². The van der Waals surface area contributed by atoms with Crippen molar-refractivity contribution in [3.05, 3.63) is 55.6 Å². The van der Waals surface area contributed by atoms with Gasteiger partial charge in [0, 0.05) is 34.8 Å². The molecule has 1 fully saturated rings. The van der Waals surface area contributed by atoms with Gasteiger partial charge in [-0.1, -0.05) is 6.92 Å². The minimum Gasteiger partial charge on any atom is -0.457 e. The number of imide groups is 1. The summed E-state index contributed by atoms with van der Waals surface area (Å²) >= 11 is 4.19. The summed E-state index contributed by atoms with van der Waals surface area (Å²) in [5.41, 5.74) is 0.617. The molecule has 26 heavy (non-hydrogen) atoms. The molecular weight excluding hydrogens is 424 g/mol. The average molecular weight is 437 g/mol. The van der Waals surface area contributed by atoms with Gasteiger partial charge in [0.1, 0.15) is 11.5 Å². The molecule has 1 aromatic heterocycles. The van der Waals surface area contributed by atoms with Crippen LogP contribution in [0.2, 0.25) is 0 Å². The fraction of sp³-hybridized carbons (Fsp3) is 0.176. The summed E-state index contributed by atoms with van der Waals surface area (Å²) in [5, 5.41) is 10.5. The molecule has 2 amide bonds. The second-order valence-corrected chi connectivity index (χ2v) is 7.30. The molecule has 0 saturated carbocycles. The van der Waals surface area contributed by atoms with Crippen molar-refractivity contribution in [1.29, 1.82) is 0 Å². The van der Waals surface area contributed by atoms with E-state index in [1.807, 2.05) is 6.92 Å². The Morgan fingerprint density at radius 2 is 2.08 bits per heavy atom. The molecule has 2 aromatic rings. The Balaban J connectivity index is 1.86. The number of non-ortho nitro benzene ring substituents is 1. The molecule has 9 heteroatoms. The summed E-state index contributed by atoms with van der Waals surface area (Å²) in [7, 11) is 0. The number of carbonyl (C=O) groups excluding carboxylic acids is 2. The molecule has 0 unspecified atom stereocenters. The summed E-state index contributed by atoms with van der Waals surface area (Å²) in [6.45, 7) is 2.29. The first-order valence-corrected chi connectivity index (χ1v) is 9.31. The van der Waals surface area contributed by atoms with Crippen molar-refractivity contribution in [2.24, 2.45) is 0 Å². The highest BCUT2D eigenvalue weighted by Gasteiger charge is 2.34. The smallest absolute Gasteiger partial charge is 0.293 e.